The third-order valence-corrected chi connectivity index (χ3v) is 4.62. The Hall–Kier alpha value is -2.40. The number of carbonyl (C=O) groups is 1. The van der Waals surface area contributed by atoms with Gasteiger partial charge in [0.25, 0.3) is 5.91 Å². The molecule has 1 aliphatic rings. The summed E-state index contributed by atoms with van der Waals surface area (Å²) in [7, 11) is 4.10. The second-order valence-corrected chi connectivity index (χ2v) is 6.86. The fraction of sp³-hybridized carbons (Fsp3) is 0.400. The number of nitrogens with zero attached hydrogens (tertiary/aromatic N) is 3. The average molecular weight is 339 g/mol. The van der Waals surface area contributed by atoms with Crippen LogP contribution in [0.1, 0.15) is 46.9 Å². The molecule has 5 nitrogen and oxygen atoms in total. The largest absolute Gasteiger partial charge is 0.505 e. The van der Waals surface area contributed by atoms with Crippen molar-refractivity contribution in [2.75, 3.05) is 20.6 Å². The summed E-state index contributed by atoms with van der Waals surface area (Å²) in [5, 5.41) is 9.97. The summed E-state index contributed by atoms with van der Waals surface area (Å²) >= 11 is 0. The van der Waals surface area contributed by atoms with Crippen LogP contribution in [0, 0.1) is 0 Å². The molecule has 3 rings (SSSR count). The van der Waals surface area contributed by atoms with E-state index in [4.69, 9.17) is 0 Å². The molecule has 1 amide bonds. The first-order valence-corrected chi connectivity index (χ1v) is 8.75. The van der Waals surface area contributed by atoms with Gasteiger partial charge in [-0.25, -0.2) is 4.98 Å². The van der Waals surface area contributed by atoms with Gasteiger partial charge in [-0.2, -0.15) is 0 Å². The molecular formula is C20H25N3O2. The van der Waals surface area contributed by atoms with Crippen LogP contribution in [0.2, 0.25) is 0 Å². The van der Waals surface area contributed by atoms with Crippen LogP contribution >= 0.6 is 0 Å². The highest BCUT2D eigenvalue weighted by Gasteiger charge is 2.30. The number of pyridine rings is 1. The molecule has 1 atom stereocenters. The third-order valence-electron chi connectivity index (χ3n) is 4.62. The summed E-state index contributed by atoms with van der Waals surface area (Å²) in [5.74, 6) is -0.252. The van der Waals surface area contributed by atoms with Crippen molar-refractivity contribution in [2.45, 2.75) is 31.8 Å². The van der Waals surface area contributed by atoms with E-state index in [-0.39, 0.29) is 23.4 Å². The van der Waals surface area contributed by atoms with Crippen LogP contribution < -0.4 is 0 Å². The van der Waals surface area contributed by atoms with Gasteiger partial charge in [-0.05, 0) is 56.6 Å². The van der Waals surface area contributed by atoms with Gasteiger partial charge in [0.15, 0.2) is 5.69 Å². The molecule has 1 fully saturated rings. The molecule has 0 spiro atoms. The number of carbonyl (C=O) groups excluding carboxylic acids is 1. The highest BCUT2D eigenvalue weighted by Crippen LogP contribution is 2.33. The van der Waals surface area contributed by atoms with Crippen molar-refractivity contribution < 1.29 is 9.90 Å². The molecule has 5 heteroatoms. The highest BCUT2D eigenvalue weighted by atomic mass is 16.3. The Balaban J connectivity index is 1.83. The summed E-state index contributed by atoms with van der Waals surface area (Å²) in [5.41, 5.74) is 2.54. The number of hydrogen-bond acceptors (Lipinski definition) is 4. The van der Waals surface area contributed by atoms with E-state index in [0.717, 1.165) is 31.4 Å². The van der Waals surface area contributed by atoms with Gasteiger partial charge < -0.3 is 14.9 Å². The van der Waals surface area contributed by atoms with E-state index < -0.39 is 0 Å². The minimum Gasteiger partial charge on any atom is -0.505 e. The zero-order valence-electron chi connectivity index (χ0n) is 14.9. The first kappa shape index (κ1) is 17.4. The van der Waals surface area contributed by atoms with Crippen LogP contribution in [0.5, 0.6) is 5.75 Å². The minimum atomic E-state index is -0.194. The molecule has 0 saturated carbocycles. The van der Waals surface area contributed by atoms with Crippen molar-refractivity contribution in [3.8, 4) is 5.75 Å². The average Bonchev–Trinajstić information content (AvgIpc) is 2.62. The zero-order valence-corrected chi connectivity index (χ0v) is 14.9. The summed E-state index contributed by atoms with van der Waals surface area (Å²) in [6, 6.07) is 11.7. The number of aromatic nitrogens is 1. The van der Waals surface area contributed by atoms with Crippen LogP contribution in [0.25, 0.3) is 0 Å². The van der Waals surface area contributed by atoms with Crippen molar-refractivity contribution >= 4 is 5.91 Å². The topological polar surface area (TPSA) is 56.7 Å². The van der Waals surface area contributed by atoms with Gasteiger partial charge in [-0.3, -0.25) is 4.79 Å². The van der Waals surface area contributed by atoms with Crippen LogP contribution in [0.15, 0.2) is 42.6 Å². The van der Waals surface area contributed by atoms with Gasteiger partial charge in [0.1, 0.15) is 5.75 Å². The first-order chi connectivity index (χ1) is 12.1. The molecule has 0 unspecified atom stereocenters. The molecule has 1 N–H and O–H groups in total. The molecule has 2 heterocycles. The Morgan fingerprint density at radius 2 is 2.00 bits per heavy atom. The zero-order chi connectivity index (χ0) is 17.8. The van der Waals surface area contributed by atoms with Crippen molar-refractivity contribution in [1.82, 2.24) is 14.8 Å². The lowest BCUT2D eigenvalue weighted by Crippen LogP contribution is -2.38. The molecule has 2 aromatic rings. The van der Waals surface area contributed by atoms with Gasteiger partial charge in [-0.15, -0.1) is 0 Å². The first-order valence-electron chi connectivity index (χ1n) is 8.75. The van der Waals surface area contributed by atoms with Gasteiger partial charge in [-0.1, -0.05) is 24.3 Å². The molecule has 1 saturated heterocycles. The van der Waals surface area contributed by atoms with Crippen LogP contribution in [-0.4, -0.2) is 46.4 Å². The van der Waals surface area contributed by atoms with E-state index >= 15 is 0 Å². The fourth-order valence-corrected chi connectivity index (χ4v) is 3.43. The highest BCUT2D eigenvalue weighted by molar-refractivity contribution is 5.95. The van der Waals surface area contributed by atoms with E-state index in [1.165, 1.54) is 11.6 Å². The van der Waals surface area contributed by atoms with Crippen LogP contribution in [0.3, 0.4) is 0 Å². The Morgan fingerprint density at radius 3 is 2.68 bits per heavy atom. The summed E-state index contributed by atoms with van der Waals surface area (Å²) in [6.07, 6.45) is 4.56. The van der Waals surface area contributed by atoms with E-state index in [2.05, 4.69) is 48.2 Å². The van der Waals surface area contributed by atoms with Crippen molar-refractivity contribution in [3.63, 3.8) is 0 Å². The van der Waals surface area contributed by atoms with E-state index in [0.29, 0.717) is 6.54 Å². The van der Waals surface area contributed by atoms with E-state index in [1.54, 1.807) is 12.3 Å². The molecule has 0 radical (unpaired) electrons. The van der Waals surface area contributed by atoms with E-state index in [9.17, 15) is 9.90 Å². The monoisotopic (exact) mass is 339 g/mol. The Labute approximate surface area is 148 Å². The van der Waals surface area contributed by atoms with E-state index in [1.807, 2.05) is 4.90 Å². The lowest BCUT2D eigenvalue weighted by atomic mass is 9.94. The van der Waals surface area contributed by atoms with Crippen molar-refractivity contribution in [3.05, 3.63) is 59.4 Å². The third kappa shape index (κ3) is 3.99. The maximum absolute atomic E-state index is 12.9. The molecular weight excluding hydrogens is 314 g/mol. The number of amides is 1. The lowest BCUT2D eigenvalue weighted by molar-refractivity contribution is 0.0602. The summed E-state index contributed by atoms with van der Waals surface area (Å²) in [4.78, 5) is 21.0. The second kappa shape index (κ2) is 7.66. The number of likely N-dealkylation sites (tertiary alicyclic amines) is 1. The maximum Gasteiger partial charge on any atom is 0.276 e. The summed E-state index contributed by atoms with van der Waals surface area (Å²) < 4.78 is 0. The predicted molar refractivity (Wildman–Crippen MR) is 97.4 cm³/mol. The van der Waals surface area contributed by atoms with Crippen LogP contribution in [-0.2, 0) is 6.54 Å². The standard InChI is InChI=1S/C20H25N3O2/c1-22(2)14-15-8-10-16(11-9-15)17-6-3-4-13-23(17)20(25)19-18(24)7-5-12-21-19/h5,7-12,17,24H,3-4,6,13-14H2,1-2H3/t17-/m1/s1. The SMILES string of the molecule is CN(C)Cc1ccc([C@H]2CCCCN2C(=O)c2ncccc2O)cc1. The number of hydrogen-bond donors (Lipinski definition) is 1. The normalized spacial score (nSPS) is 17.7. The van der Waals surface area contributed by atoms with Gasteiger partial charge in [0.2, 0.25) is 0 Å². The maximum atomic E-state index is 12.9. The molecule has 1 aromatic carbocycles. The number of rotatable bonds is 4. The molecule has 25 heavy (non-hydrogen) atoms. The predicted octanol–water partition coefficient (Wildman–Crippen LogP) is 3.22. The van der Waals surface area contributed by atoms with Crippen molar-refractivity contribution in [2.24, 2.45) is 0 Å². The minimum absolute atomic E-state index is 0.0380. The quantitative estimate of drug-likeness (QED) is 0.929. The van der Waals surface area contributed by atoms with Gasteiger partial charge in [0, 0.05) is 19.3 Å². The molecule has 0 bridgehead atoms. The Morgan fingerprint density at radius 1 is 1.24 bits per heavy atom. The van der Waals surface area contributed by atoms with Gasteiger partial charge in [0.05, 0.1) is 6.04 Å². The number of piperidine rings is 1. The number of benzene rings is 1. The summed E-state index contributed by atoms with van der Waals surface area (Å²) in [6.45, 7) is 1.59. The molecule has 1 aromatic heterocycles. The molecule has 1 aliphatic heterocycles. The fourth-order valence-electron chi connectivity index (χ4n) is 3.43. The van der Waals surface area contributed by atoms with Gasteiger partial charge >= 0.3 is 0 Å². The Bertz CT molecular complexity index is 728. The van der Waals surface area contributed by atoms with Crippen LogP contribution in [0.4, 0.5) is 0 Å². The lowest BCUT2D eigenvalue weighted by Gasteiger charge is -2.36. The second-order valence-electron chi connectivity index (χ2n) is 6.86. The number of aromatic hydroxyl groups is 1. The molecule has 132 valence electrons. The van der Waals surface area contributed by atoms with Crippen molar-refractivity contribution in [1.29, 1.82) is 0 Å². The smallest absolute Gasteiger partial charge is 0.276 e. The Kier molecular flexibility index (Phi) is 5.34. The molecule has 0 aliphatic carbocycles.